The summed E-state index contributed by atoms with van der Waals surface area (Å²) in [6.45, 7) is 3.12. The van der Waals surface area contributed by atoms with Gasteiger partial charge in [-0.05, 0) is 49.0 Å². The van der Waals surface area contributed by atoms with E-state index in [0.717, 1.165) is 23.6 Å². The first kappa shape index (κ1) is 12.6. The minimum absolute atomic E-state index is 0.393. The van der Waals surface area contributed by atoms with E-state index in [1.165, 1.54) is 30.4 Å². The Kier molecular flexibility index (Phi) is 3.51. The molecule has 3 nitrogen and oxygen atoms in total. The molecule has 0 aliphatic heterocycles. The number of hydrogen-bond donors (Lipinski definition) is 1. The standard InChI is InChI=1S/C15H19N3S/c1-2-10-18-14(16-17-15(18)19)13-9-5-7-11-6-3-4-8-12(11)13/h3-4,6,8,13H,2,5,7,9-10H2,1H3,(H,17,19). The Morgan fingerprint density at radius 3 is 3.11 bits per heavy atom. The van der Waals surface area contributed by atoms with Gasteiger partial charge in [0.2, 0.25) is 0 Å². The number of aromatic nitrogens is 3. The van der Waals surface area contributed by atoms with Gasteiger partial charge in [0.15, 0.2) is 4.77 Å². The van der Waals surface area contributed by atoms with Crippen LogP contribution in [0.2, 0.25) is 0 Å². The molecular weight excluding hydrogens is 254 g/mol. The fourth-order valence-electron chi connectivity index (χ4n) is 3.06. The minimum atomic E-state index is 0.393. The van der Waals surface area contributed by atoms with Crippen molar-refractivity contribution in [2.75, 3.05) is 0 Å². The number of nitrogens with one attached hydrogen (secondary N) is 1. The average molecular weight is 273 g/mol. The van der Waals surface area contributed by atoms with Crippen molar-refractivity contribution >= 4 is 12.2 Å². The first-order valence-electron chi connectivity index (χ1n) is 7.04. The van der Waals surface area contributed by atoms with Crippen LogP contribution in [0.25, 0.3) is 0 Å². The average Bonchev–Trinajstić information content (AvgIpc) is 2.80. The molecule has 4 heteroatoms. The smallest absolute Gasteiger partial charge is 0.195 e. The van der Waals surface area contributed by atoms with Crippen LogP contribution >= 0.6 is 12.2 Å². The lowest BCUT2D eigenvalue weighted by Gasteiger charge is -2.25. The van der Waals surface area contributed by atoms with Crippen molar-refractivity contribution in [3.63, 3.8) is 0 Å². The second-order valence-corrected chi connectivity index (χ2v) is 5.57. The van der Waals surface area contributed by atoms with E-state index in [4.69, 9.17) is 12.2 Å². The highest BCUT2D eigenvalue weighted by Gasteiger charge is 2.25. The molecule has 0 fully saturated rings. The van der Waals surface area contributed by atoms with Gasteiger partial charge >= 0.3 is 0 Å². The topological polar surface area (TPSA) is 33.6 Å². The SMILES string of the molecule is CCCn1c(C2CCCc3ccccc32)n[nH]c1=S. The molecule has 1 aromatic heterocycles. The Morgan fingerprint density at radius 2 is 2.26 bits per heavy atom. The van der Waals surface area contributed by atoms with Crippen molar-refractivity contribution in [3.8, 4) is 0 Å². The molecule has 1 aliphatic carbocycles. The van der Waals surface area contributed by atoms with E-state index < -0.39 is 0 Å². The number of benzene rings is 1. The molecule has 1 aromatic carbocycles. The fourth-order valence-corrected chi connectivity index (χ4v) is 3.29. The minimum Gasteiger partial charge on any atom is -0.304 e. The number of H-pyrrole nitrogens is 1. The molecule has 1 atom stereocenters. The van der Waals surface area contributed by atoms with Crippen LogP contribution in [-0.2, 0) is 13.0 Å². The van der Waals surface area contributed by atoms with Gasteiger partial charge in [-0.2, -0.15) is 5.10 Å². The third kappa shape index (κ3) is 2.25. The molecule has 0 saturated carbocycles. The van der Waals surface area contributed by atoms with Crippen LogP contribution in [0.15, 0.2) is 24.3 Å². The van der Waals surface area contributed by atoms with Crippen molar-refractivity contribution in [2.45, 2.75) is 45.1 Å². The van der Waals surface area contributed by atoms with Gasteiger partial charge in [0, 0.05) is 12.5 Å². The fraction of sp³-hybridized carbons (Fsp3) is 0.467. The van der Waals surface area contributed by atoms with E-state index in [-0.39, 0.29) is 0 Å². The molecule has 0 spiro atoms. The van der Waals surface area contributed by atoms with Crippen molar-refractivity contribution in [1.29, 1.82) is 0 Å². The van der Waals surface area contributed by atoms with E-state index in [9.17, 15) is 0 Å². The third-order valence-corrected chi connectivity index (χ3v) is 4.23. The van der Waals surface area contributed by atoms with Gasteiger partial charge in [-0.1, -0.05) is 31.2 Å². The second kappa shape index (κ2) is 5.29. The van der Waals surface area contributed by atoms with Gasteiger partial charge < -0.3 is 4.57 Å². The van der Waals surface area contributed by atoms with Crippen LogP contribution < -0.4 is 0 Å². The third-order valence-electron chi connectivity index (χ3n) is 3.92. The molecule has 3 rings (SSSR count). The molecule has 0 amide bonds. The molecule has 0 radical (unpaired) electrons. The largest absolute Gasteiger partial charge is 0.304 e. The summed E-state index contributed by atoms with van der Waals surface area (Å²) >= 11 is 5.35. The van der Waals surface area contributed by atoms with Crippen LogP contribution in [0, 0.1) is 4.77 Å². The Balaban J connectivity index is 2.06. The number of aryl methyl sites for hydroxylation is 1. The lowest BCUT2D eigenvalue weighted by Crippen LogP contribution is -2.16. The molecule has 19 heavy (non-hydrogen) atoms. The predicted octanol–water partition coefficient (Wildman–Crippen LogP) is 3.82. The van der Waals surface area contributed by atoms with Crippen LogP contribution in [0.3, 0.4) is 0 Å². The summed E-state index contributed by atoms with van der Waals surface area (Å²) < 4.78 is 2.92. The molecule has 0 bridgehead atoms. The molecule has 1 N–H and O–H groups in total. The molecule has 2 aromatic rings. The summed E-state index contributed by atoms with van der Waals surface area (Å²) in [5.74, 6) is 1.50. The normalized spacial score (nSPS) is 18.3. The lowest BCUT2D eigenvalue weighted by molar-refractivity contribution is 0.543. The second-order valence-electron chi connectivity index (χ2n) is 5.18. The van der Waals surface area contributed by atoms with Gasteiger partial charge in [0.05, 0.1) is 0 Å². The van der Waals surface area contributed by atoms with Gasteiger partial charge in [-0.25, -0.2) is 0 Å². The van der Waals surface area contributed by atoms with Crippen molar-refractivity contribution < 1.29 is 0 Å². The Hall–Kier alpha value is -1.42. The quantitative estimate of drug-likeness (QED) is 0.863. The Morgan fingerprint density at radius 1 is 1.42 bits per heavy atom. The van der Waals surface area contributed by atoms with E-state index in [1.807, 2.05) is 0 Å². The van der Waals surface area contributed by atoms with Crippen LogP contribution in [0.4, 0.5) is 0 Å². The Labute approximate surface area is 118 Å². The lowest BCUT2D eigenvalue weighted by atomic mass is 9.82. The van der Waals surface area contributed by atoms with Gasteiger partial charge in [-0.15, -0.1) is 0 Å². The molecule has 1 heterocycles. The number of rotatable bonds is 3. The van der Waals surface area contributed by atoms with Gasteiger partial charge in [0.1, 0.15) is 5.82 Å². The van der Waals surface area contributed by atoms with Crippen LogP contribution in [0.5, 0.6) is 0 Å². The summed E-state index contributed by atoms with van der Waals surface area (Å²) in [6.07, 6.45) is 4.66. The molecule has 1 aliphatic rings. The maximum absolute atomic E-state index is 5.35. The van der Waals surface area contributed by atoms with Crippen molar-refractivity contribution in [3.05, 3.63) is 46.0 Å². The van der Waals surface area contributed by atoms with Gasteiger partial charge in [0.25, 0.3) is 0 Å². The number of fused-ring (bicyclic) bond motifs is 1. The van der Waals surface area contributed by atoms with Gasteiger partial charge in [-0.3, -0.25) is 5.10 Å². The maximum atomic E-state index is 5.35. The van der Waals surface area contributed by atoms with Crippen molar-refractivity contribution in [2.24, 2.45) is 0 Å². The molecule has 100 valence electrons. The molecule has 1 unspecified atom stereocenters. The van der Waals surface area contributed by atoms with E-state index >= 15 is 0 Å². The highest BCUT2D eigenvalue weighted by molar-refractivity contribution is 7.71. The number of aromatic amines is 1. The van der Waals surface area contributed by atoms with E-state index in [0.29, 0.717) is 5.92 Å². The number of hydrogen-bond acceptors (Lipinski definition) is 2. The summed E-state index contributed by atoms with van der Waals surface area (Å²) in [5, 5.41) is 7.47. The molecule has 0 saturated heterocycles. The maximum Gasteiger partial charge on any atom is 0.195 e. The molecular formula is C15H19N3S. The zero-order valence-electron chi connectivity index (χ0n) is 11.2. The zero-order valence-corrected chi connectivity index (χ0v) is 12.0. The highest BCUT2D eigenvalue weighted by atomic mass is 32.1. The first-order valence-corrected chi connectivity index (χ1v) is 7.45. The number of nitrogens with zero attached hydrogens (tertiary/aromatic N) is 2. The highest BCUT2D eigenvalue weighted by Crippen LogP contribution is 2.35. The summed E-state index contributed by atoms with van der Waals surface area (Å²) in [6, 6.07) is 8.74. The van der Waals surface area contributed by atoms with Crippen LogP contribution in [0.1, 0.15) is 49.1 Å². The predicted molar refractivity (Wildman–Crippen MR) is 78.9 cm³/mol. The van der Waals surface area contributed by atoms with E-state index in [1.54, 1.807) is 0 Å². The summed E-state index contributed by atoms with van der Waals surface area (Å²) in [5.41, 5.74) is 2.90. The van der Waals surface area contributed by atoms with E-state index in [2.05, 4.69) is 46.0 Å². The monoisotopic (exact) mass is 273 g/mol. The first-order chi connectivity index (χ1) is 9.31. The van der Waals surface area contributed by atoms with Crippen molar-refractivity contribution in [1.82, 2.24) is 14.8 Å². The summed E-state index contributed by atoms with van der Waals surface area (Å²) in [4.78, 5) is 0. The zero-order chi connectivity index (χ0) is 13.2. The summed E-state index contributed by atoms with van der Waals surface area (Å²) in [7, 11) is 0. The van der Waals surface area contributed by atoms with Crippen LogP contribution in [-0.4, -0.2) is 14.8 Å². The Bertz CT molecular complexity index is 626.